The molecule has 3 rings (SSSR count). The Morgan fingerprint density at radius 1 is 0.906 bits per heavy atom. The Balaban J connectivity index is 1.60. The maximum Gasteiger partial charge on any atom is 0.222 e. The van der Waals surface area contributed by atoms with E-state index in [9.17, 15) is 9.90 Å². The van der Waals surface area contributed by atoms with Crippen molar-refractivity contribution in [2.24, 2.45) is 5.92 Å². The van der Waals surface area contributed by atoms with E-state index in [4.69, 9.17) is 0 Å². The second-order valence-electron chi connectivity index (χ2n) is 9.71. The standard InChI is InChI=1S/C28H40N2O2/c1-22-9-13-24(14-10-22)28(32,25-15-11-23(2)12-16-25)26-17-20-30(21-18-26)19-7-5-6-8-27(31)29(3)4/h9-16,26,32H,5-8,17-21H2,1-4H3. The fraction of sp³-hybridized carbons (Fsp3) is 0.536. The number of aryl methyl sites for hydroxylation is 2. The first kappa shape index (κ1) is 24.5. The number of nitrogens with zero attached hydrogens (tertiary/aromatic N) is 2. The van der Waals surface area contributed by atoms with E-state index in [1.165, 1.54) is 11.1 Å². The van der Waals surface area contributed by atoms with Gasteiger partial charge in [0.25, 0.3) is 0 Å². The van der Waals surface area contributed by atoms with E-state index in [1.54, 1.807) is 4.90 Å². The number of hydrogen-bond acceptors (Lipinski definition) is 3. The molecule has 0 saturated carbocycles. The Labute approximate surface area is 194 Å². The molecule has 1 amide bonds. The summed E-state index contributed by atoms with van der Waals surface area (Å²) in [6, 6.07) is 16.8. The highest BCUT2D eigenvalue weighted by atomic mass is 16.3. The van der Waals surface area contributed by atoms with Crippen LogP contribution >= 0.6 is 0 Å². The monoisotopic (exact) mass is 436 g/mol. The number of amides is 1. The van der Waals surface area contributed by atoms with Gasteiger partial charge in [-0.05, 0) is 76.2 Å². The van der Waals surface area contributed by atoms with Crippen LogP contribution in [-0.4, -0.2) is 54.5 Å². The molecule has 2 aromatic rings. The van der Waals surface area contributed by atoms with Crippen molar-refractivity contribution in [2.45, 2.75) is 58.0 Å². The smallest absolute Gasteiger partial charge is 0.222 e. The summed E-state index contributed by atoms with van der Waals surface area (Å²) in [6.45, 7) is 7.28. The number of carbonyl (C=O) groups is 1. The van der Waals surface area contributed by atoms with Crippen molar-refractivity contribution in [1.82, 2.24) is 9.80 Å². The second kappa shape index (κ2) is 11.1. The summed E-state index contributed by atoms with van der Waals surface area (Å²) >= 11 is 0. The molecule has 0 unspecified atom stereocenters. The summed E-state index contributed by atoms with van der Waals surface area (Å²) < 4.78 is 0. The van der Waals surface area contributed by atoms with Gasteiger partial charge in [-0.15, -0.1) is 0 Å². The third kappa shape index (κ3) is 5.99. The molecule has 0 radical (unpaired) electrons. The molecule has 1 aliphatic rings. The fourth-order valence-electron chi connectivity index (χ4n) is 4.84. The van der Waals surface area contributed by atoms with Crippen LogP contribution in [-0.2, 0) is 10.4 Å². The van der Waals surface area contributed by atoms with Gasteiger partial charge >= 0.3 is 0 Å². The third-order valence-corrected chi connectivity index (χ3v) is 7.03. The van der Waals surface area contributed by atoms with Gasteiger partial charge in [0.05, 0.1) is 0 Å². The van der Waals surface area contributed by atoms with Crippen LogP contribution < -0.4 is 0 Å². The molecule has 0 bridgehead atoms. The van der Waals surface area contributed by atoms with E-state index in [-0.39, 0.29) is 11.8 Å². The zero-order valence-corrected chi connectivity index (χ0v) is 20.3. The summed E-state index contributed by atoms with van der Waals surface area (Å²) in [4.78, 5) is 15.9. The molecule has 0 aliphatic carbocycles. The number of aliphatic hydroxyl groups is 1. The largest absolute Gasteiger partial charge is 0.380 e. The van der Waals surface area contributed by atoms with Gasteiger partial charge in [0.15, 0.2) is 0 Å². The predicted octanol–water partition coefficient (Wildman–Crippen LogP) is 4.90. The molecule has 32 heavy (non-hydrogen) atoms. The average molecular weight is 437 g/mol. The fourth-order valence-corrected chi connectivity index (χ4v) is 4.84. The lowest BCUT2D eigenvalue weighted by atomic mass is 9.72. The zero-order valence-electron chi connectivity index (χ0n) is 20.3. The van der Waals surface area contributed by atoms with Crippen molar-refractivity contribution in [1.29, 1.82) is 0 Å². The Bertz CT molecular complexity index is 805. The number of piperidine rings is 1. The Morgan fingerprint density at radius 3 is 1.88 bits per heavy atom. The summed E-state index contributed by atoms with van der Waals surface area (Å²) in [5, 5.41) is 12.1. The minimum Gasteiger partial charge on any atom is -0.380 e. The van der Waals surface area contributed by atoms with E-state index in [0.717, 1.165) is 62.9 Å². The van der Waals surface area contributed by atoms with E-state index >= 15 is 0 Å². The predicted molar refractivity (Wildman–Crippen MR) is 132 cm³/mol. The molecular formula is C28H40N2O2. The van der Waals surface area contributed by atoms with Crippen LogP contribution in [0.5, 0.6) is 0 Å². The number of likely N-dealkylation sites (tertiary alicyclic amines) is 1. The van der Waals surface area contributed by atoms with E-state index < -0.39 is 5.60 Å². The molecule has 1 fully saturated rings. The van der Waals surface area contributed by atoms with Gasteiger partial charge in [-0.25, -0.2) is 0 Å². The van der Waals surface area contributed by atoms with Gasteiger partial charge in [0.2, 0.25) is 5.91 Å². The number of carbonyl (C=O) groups excluding carboxylic acids is 1. The number of benzene rings is 2. The van der Waals surface area contributed by atoms with Gasteiger partial charge in [0, 0.05) is 20.5 Å². The van der Waals surface area contributed by atoms with Crippen LogP contribution in [0.2, 0.25) is 0 Å². The quantitative estimate of drug-likeness (QED) is 0.569. The highest BCUT2D eigenvalue weighted by Gasteiger charge is 2.41. The Morgan fingerprint density at radius 2 is 1.41 bits per heavy atom. The lowest BCUT2D eigenvalue weighted by Crippen LogP contribution is -2.44. The van der Waals surface area contributed by atoms with Crippen molar-refractivity contribution in [2.75, 3.05) is 33.7 Å². The minimum absolute atomic E-state index is 0.196. The van der Waals surface area contributed by atoms with Crippen molar-refractivity contribution in [3.63, 3.8) is 0 Å². The number of unbranched alkanes of at least 4 members (excludes halogenated alkanes) is 2. The third-order valence-electron chi connectivity index (χ3n) is 7.03. The van der Waals surface area contributed by atoms with Crippen LogP contribution in [0, 0.1) is 19.8 Å². The topological polar surface area (TPSA) is 43.8 Å². The van der Waals surface area contributed by atoms with Crippen molar-refractivity contribution in [3.8, 4) is 0 Å². The Hall–Kier alpha value is -2.17. The first-order valence-electron chi connectivity index (χ1n) is 12.1. The lowest BCUT2D eigenvalue weighted by molar-refractivity contribution is -0.128. The normalized spacial score (nSPS) is 15.7. The van der Waals surface area contributed by atoms with Crippen molar-refractivity contribution >= 4 is 5.91 Å². The summed E-state index contributed by atoms with van der Waals surface area (Å²) in [5.41, 5.74) is 3.45. The molecule has 1 heterocycles. The summed E-state index contributed by atoms with van der Waals surface area (Å²) in [7, 11) is 3.64. The highest BCUT2D eigenvalue weighted by molar-refractivity contribution is 5.75. The van der Waals surface area contributed by atoms with Crippen molar-refractivity contribution in [3.05, 3.63) is 70.8 Å². The van der Waals surface area contributed by atoms with E-state index in [0.29, 0.717) is 6.42 Å². The average Bonchev–Trinajstić information content (AvgIpc) is 2.79. The second-order valence-corrected chi connectivity index (χ2v) is 9.71. The van der Waals surface area contributed by atoms with Gasteiger partial charge in [-0.2, -0.15) is 0 Å². The molecule has 0 atom stereocenters. The van der Waals surface area contributed by atoms with Gasteiger partial charge < -0.3 is 14.9 Å². The van der Waals surface area contributed by atoms with Gasteiger partial charge in [-0.3, -0.25) is 4.79 Å². The van der Waals surface area contributed by atoms with Crippen LogP contribution in [0.3, 0.4) is 0 Å². The molecule has 0 spiro atoms. The number of hydrogen-bond donors (Lipinski definition) is 1. The molecule has 4 nitrogen and oxygen atoms in total. The summed E-state index contributed by atoms with van der Waals surface area (Å²) in [5.74, 6) is 0.416. The Kier molecular flexibility index (Phi) is 8.50. The first-order valence-corrected chi connectivity index (χ1v) is 12.1. The molecule has 1 saturated heterocycles. The first-order chi connectivity index (χ1) is 15.3. The molecule has 2 aromatic carbocycles. The summed E-state index contributed by atoms with van der Waals surface area (Å²) in [6.07, 6.45) is 5.81. The van der Waals surface area contributed by atoms with Crippen LogP contribution in [0.1, 0.15) is 60.8 Å². The molecule has 0 aromatic heterocycles. The maximum absolute atomic E-state index is 12.1. The molecule has 4 heteroatoms. The van der Waals surface area contributed by atoms with Gasteiger partial charge in [-0.1, -0.05) is 66.1 Å². The number of rotatable bonds is 9. The SMILES string of the molecule is Cc1ccc(C(O)(c2ccc(C)cc2)C2CCN(CCCCCC(=O)N(C)C)CC2)cc1. The van der Waals surface area contributed by atoms with Crippen LogP contribution in [0.25, 0.3) is 0 Å². The van der Waals surface area contributed by atoms with E-state index in [2.05, 4.69) is 67.3 Å². The lowest BCUT2D eigenvalue weighted by Gasteiger charge is -2.42. The van der Waals surface area contributed by atoms with Crippen molar-refractivity contribution < 1.29 is 9.90 Å². The molecule has 1 aliphatic heterocycles. The highest BCUT2D eigenvalue weighted by Crippen LogP contribution is 2.42. The van der Waals surface area contributed by atoms with Crippen LogP contribution in [0.4, 0.5) is 0 Å². The van der Waals surface area contributed by atoms with Crippen LogP contribution in [0.15, 0.2) is 48.5 Å². The maximum atomic E-state index is 12.1. The molecule has 174 valence electrons. The minimum atomic E-state index is -0.958. The molecule has 1 N–H and O–H groups in total. The zero-order chi connectivity index (χ0) is 23.1. The van der Waals surface area contributed by atoms with E-state index in [1.807, 2.05) is 14.1 Å². The van der Waals surface area contributed by atoms with Gasteiger partial charge in [0.1, 0.15) is 5.60 Å². The molecular weight excluding hydrogens is 396 g/mol.